The SMILES string of the molecule is CC1CC(NC(=NCC(=O)N(C)C)NC2CCOc3ccccc32)CN1Cc1ccccc1. The van der Waals surface area contributed by atoms with Crippen molar-refractivity contribution < 1.29 is 9.53 Å². The number of ether oxygens (including phenoxy) is 1. The minimum atomic E-state index is -0.0195. The third-order valence-corrected chi connectivity index (χ3v) is 6.41. The van der Waals surface area contributed by atoms with E-state index in [1.54, 1.807) is 19.0 Å². The Bertz CT molecular complexity index is 962. The Labute approximate surface area is 196 Å². The molecule has 1 amide bonds. The van der Waals surface area contributed by atoms with Gasteiger partial charge in [-0.15, -0.1) is 0 Å². The van der Waals surface area contributed by atoms with Gasteiger partial charge in [0.1, 0.15) is 12.3 Å². The van der Waals surface area contributed by atoms with Gasteiger partial charge >= 0.3 is 0 Å². The van der Waals surface area contributed by atoms with E-state index in [0.29, 0.717) is 18.6 Å². The molecule has 0 bridgehead atoms. The van der Waals surface area contributed by atoms with E-state index in [9.17, 15) is 4.79 Å². The molecule has 2 aromatic rings. The van der Waals surface area contributed by atoms with E-state index >= 15 is 0 Å². The molecule has 7 nitrogen and oxygen atoms in total. The average Bonchev–Trinajstić information content (AvgIpc) is 3.16. The van der Waals surface area contributed by atoms with E-state index in [2.05, 4.69) is 63.8 Å². The Morgan fingerprint density at radius 3 is 2.67 bits per heavy atom. The lowest BCUT2D eigenvalue weighted by atomic mass is 10.0. The number of para-hydroxylation sites is 1. The number of guanidine groups is 1. The van der Waals surface area contributed by atoms with Crippen molar-refractivity contribution in [2.45, 2.75) is 44.4 Å². The third kappa shape index (κ3) is 6.05. The molecule has 4 rings (SSSR count). The number of hydrogen-bond acceptors (Lipinski definition) is 4. The summed E-state index contributed by atoms with van der Waals surface area (Å²) in [5.74, 6) is 1.58. The zero-order valence-electron chi connectivity index (χ0n) is 19.8. The number of carbonyl (C=O) groups is 1. The van der Waals surface area contributed by atoms with E-state index < -0.39 is 0 Å². The van der Waals surface area contributed by atoms with Gasteiger partial charge < -0.3 is 20.3 Å². The Hall–Kier alpha value is -3.06. The minimum Gasteiger partial charge on any atom is -0.493 e. The highest BCUT2D eigenvalue weighted by molar-refractivity contribution is 5.85. The highest BCUT2D eigenvalue weighted by Gasteiger charge is 2.30. The molecule has 1 saturated heterocycles. The molecule has 2 heterocycles. The molecule has 3 unspecified atom stereocenters. The van der Waals surface area contributed by atoms with Crippen molar-refractivity contribution in [3.63, 3.8) is 0 Å². The van der Waals surface area contributed by atoms with E-state index in [1.165, 1.54) is 5.56 Å². The number of hydrogen-bond donors (Lipinski definition) is 2. The van der Waals surface area contributed by atoms with Gasteiger partial charge in [0.05, 0.1) is 12.6 Å². The van der Waals surface area contributed by atoms with Gasteiger partial charge in [0, 0.05) is 51.3 Å². The number of rotatable bonds is 6. The van der Waals surface area contributed by atoms with Crippen molar-refractivity contribution in [1.82, 2.24) is 20.4 Å². The van der Waals surface area contributed by atoms with Gasteiger partial charge in [-0.2, -0.15) is 0 Å². The van der Waals surface area contributed by atoms with Crippen LogP contribution in [0.2, 0.25) is 0 Å². The molecule has 0 spiro atoms. The smallest absolute Gasteiger partial charge is 0.243 e. The maximum absolute atomic E-state index is 12.2. The zero-order chi connectivity index (χ0) is 23.2. The van der Waals surface area contributed by atoms with Gasteiger partial charge in [0.2, 0.25) is 5.91 Å². The summed E-state index contributed by atoms with van der Waals surface area (Å²) in [7, 11) is 3.51. The summed E-state index contributed by atoms with van der Waals surface area (Å²) in [5.41, 5.74) is 2.45. The van der Waals surface area contributed by atoms with Crippen LogP contribution < -0.4 is 15.4 Å². The number of amides is 1. The van der Waals surface area contributed by atoms with E-state index in [4.69, 9.17) is 4.74 Å². The monoisotopic (exact) mass is 449 g/mol. The molecule has 2 aliphatic heterocycles. The second-order valence-electron chi connectivity index (χ2n) is 9.17. The fourth-order valence-electron chi connectivity index (χ4n) is 4.51. The fraction of sp³-hybridized carbons (Fsp3) is 0.462. The molecule has 3 atom stereocenters. The molecule has 0 aromatic heterocycles. The molecule has 2 aliphatic rings. The molecule has 2 aromatic carbocycles. The van der Waals surface area contributed by atoms with Crippen LogP contribution in [0.25, 0.3) is 0 Å². The lowest BCUT2D eigenvalue weighted by Crippen LogP contribution is -2.47. The summed E-state index contributed by atoms with van der Waals surface area (Å²) >= 11 is 0. The van der Waals surface area contributed by atoms with E-state index in [0.717, 1.165) is 37.2 Å². The summed E-state index contributed by atoms with van der Waals surface area (Å²) < 4.78 is 5.82. The van der Waals surface area contributed by atoms with Gasteiger partial charge in [0.15, 0.2) is 5.96 Å². The zero-order valence-corrected chi connectivity index (χ0v) is 19.8. The summed E-state index contributed by atoms with van der Waals surface area (Å²) in [4.78, 5) is 20.9. The number of carbonyl (C=O) groups excluding carboxylic acids is 1. The predicted octanol–water partition coefficient (Wildman–Crippen LogP) is 2.80. The van der Waals surface area contributed by atoms with Gasteiger partial charge in [-0.25, -0.2) is 4.99 Å². The number of aliphatic imine (C=N–C) groups is 1. The number of nitrogens with one attached hydrogen (secondary N) is 2. The lowest BCUT2D eigenvalue weighted by Gasteiger charge is -2.29. The van der Waals surface area contributed by atoms with Crippen LogP contribution in [0, 0.1) is 0 Å². The fourth-order valence-corrected chi connectivity index (χ4v) is 4.51. The van der Waals surface area contributed by atoms with Gasteiger partial charge in [-0.3, -0.25) is 9.69 Å². The van der Waals surface area contributed by atoms with E-state index in [1.807, 2.05) is 18.2 Å². The maximum atomic E-state index is 12.2. The molecular weight excluding hydrogens is 414 g/mol. The van der Waals surface area contributed by atoms with Crippen LogP contribution in [0.4, 0.5) is 0 Å². The van der Waals surface area contributed by atoms with Gasteiger partial charge in [-0.05, 0) is 25.0 Å². The standard InChI is InChI=1S/C26H35N5O2/c1-19-15-21(18-31(19)17-20-9-5-4-6-10-20)28-26(27-16-25(32)30(2)3)29-23-13-14-33-24-12-8-7-11-22(23)24/h4-12,19,21,23H,13-18H2,1-3H3,(H2,27,28,29). The molecule has 1 fully saturated rings. The van der Waals surface area contributed by atoms with Crippen LogP contribution in [-0.4, -0.2) is 67.5 Å². The summed E-state index contributed by atoms with van der Waals surface area (Å²) in [6.45, 7) is 4.92. The van der Waals surface area contributed by atoms with Crippen LogP contribution in [0.3, 0.4) is 0 Å². The van der Waals surface area contributed by atoms with Crippen LogP contribution >= 0.6 is 0 Å². The minimum absolute atomic E-state index is 0.0195. The summed E-state index contributed by atoms with van der Waals surface area (Å²) in [6, 6.07) is 19.5. The first-order valence-electron chi connectivity index (χ1n) is 11.8. The first-order chi connectivity index (χ1) is 16.0. The van der Waals surface area contributed by atoms with Crippen molar-refractivity contribution in [3.8, 4) is 5.75 Å². The number of benzene rings is 2. The van der Waals surface area contributed by atoms with Crippen molar-refractivity contribution >= 4 is 11.9 Å². The molecule has 0 radical (unpaired) electrons. The number of nitrogens with zero attached hydrogens (tertiary/aromatic N) is 3. The normalized spacial score (nSPS) is 22.9. The quantitative estimate of drug-likeness (QED) is 0.524. The van der Waals surface area contributed by atoms with Gasteiger partial charge in [-0.1, -0.05) is 48.5 Å². The maximum Gasteiger partial charge on any atom is 0.243 e. The topological polar surface area (TPSA) is 69.2 Å². The Morgan fingerprint density at radius 1 is 1.12 bits per heavy atom. The molecule has 33 heavy (non-hydrogen) atoms. The van der Waals surface area contributed by atoms with E-state index in [-0.39, 0.29) is 24.5 Å². The highest BCUT2D eigenvalue weighted by atomic mass is 16.5. The van der Waals surface area contributed by atoms with Crippen LogP contribution in [-0.2, 0) is 11.3 Å². The first-order valence-corrected chi connectivity index (χ1v) is 11.8. The second kappa shape index (κ2) is 10.7. The molecule has 176 valence electrons. The number of likely N-dealkylation sites (tertiary alicyclic amines) is 1. The molecule has 2 N–H and O–H groups in total. The average molecular weight is 450 g/mol. The Balaban J connectivity index is 1.45. The molecule has 0 saturated carbocycles. The predicted molar refractivity (Wildman–Crippen MR) is 131 cm³/mol. The van der Waals surface area contributed by atoms with Crippen molar-refractivity contribution in [1.29, 1.82) is 0 Å². The lowest BCUT2D eigenvalue weighted by molar-refractivity contribution is -0.127. The van der Waals surface area contributed by atoms with Crippen LogP contribution in [0.15, 0.2) is 59.6 Å². The van der Waals surface area contributed by atoms with Crippen LogP contribution in [0.5, 0.6) is 5.75 Å². The third-order valence-electron chi connectivity index (χ3n) is 6.41. The second-order valence-corrected chi connectivity index (χ2v) is 9.17. The van der Waals surface area contributed by atoms with Crippen LogP contribution in [0.1, 0.15) is 36.9 Å². The summed E-state index contributed by atoms with van der Waals surface area (Å²) in [6.07, 6.45) is 1.88. The molecule has 0 aliphatic carbocycles. The van der Waals surface area contributed by atoms with Gasteiger partial charge in [0.25, 0.3) is 0 Å². The van der Waals surface area contributed by atoms with Crippen molar-refractivity contribution in [3.05, 3.63) is 65.7 Å². The van der Waals surface area contributed by atoms with Crippen molar-refractivity contribution in [2.75, 3.05) is 33.8 Å². The Kier molecular flexibility index (Phi) is 7.50. The van der Waals surface area contributed by atoms with Crippen molar-refractivity contribution in [2.24, 2.45) is 4.99 Å². The Morgan fingerprint density at radius 2 is 1.88 bits per heavy atom. The summed E-state index contributed by atoms with van der Waals surface area (Å²) in [5, 5.41) is 7.20. The highest BCUT2D eigenvalue weighted by Crippen LogP contribution is 2.31. The molecular formula is C26H35N5O2. The molecule has 7 heteroatoms. The number of fused-ring (bicyclic) bond motifs is 1. The largest absolute Gasteiger partial charge is 0.493 e. The first kappa shape index (κ1) is 23.1. The number of likely N-dealkylation sites (N-methyl/N-ethyl adjacent to an activating group) is 1.